The quantitative estimate of drug-likeness (QED) is 0.0718. The number of anilines is 2. The summed E-state index contributed by atoms with van der Waals surface area (Å²) in [7, 11) is 0. The highest BCUT2D eigenvalue weighted by Crippen LogP contribution is 2.37. The fourth-order valence-electron chi connectivity index (χ4n) is 5.37. The molecule has 0 bridgehead atoms. The van der Waals surface area contributed by atoms with Crippen molar-refractivity contribution >= 4 is 46.9 Å². The molecule has 0 fully saturated rings. The third kappa shape index (κ3) is 10.7. The van der Waals surface area contributed by atoms with E-state index in [0.29, 0.717) is 41.5 Å². The predicted molar refractivity (Wildman–Crippen MR) is 215 cm³/mol. The first-order valence-corrected chi connectivity index (χ1v) is 18.3. The van der Waals surface area contributed by atoms with Crippen molar-refractivity contribution in [2.24, 2.45) is 0 Å². The minimum Gasteiger partial charge on any atom is -0.494 e. The van der Waals surface area contributed by atoms with E-state index in [-0.39, 0.29) is 11.6 Å². The number of thioether (sulfide) groups is 1. The van der Waals surface area contributed by atoms with E-state index in [2.05, 4.69) is 16.0 Å². The molecule has 6 rings (SSSR count). The van der Waals surface area contributed by atoms with Gasteiger partial charge in [-0.15, -0.1) is 11.8 Å². The molecule has 9 heteroatoms. The van der Waals surface area contributed by atoms with Crippen LogP contribution in [0.4, 0.5) is 11.4 Å². The Morgan fingerprint density at radius 1 is 0.630 bits per heavy atom. The Hall–Kier alpha value is -6.58. The SMILES string of the molecule is CCOc1ccc(NC(=O)C(Sc2ccc(NC(=O)/C(=C/c3ccc(OCc4ccccc4)cc3)NC(=O)c3ccccc3)cc2)c2ccccc2)cc1. The van der Waals surface area contributed by atoms with Crippen LogP contribution in [0.25, 0.3) is 6.08 Å². The predicted octanol–water partition coefficient (Wildman–Crippen LogP) is 9.55. The highest BCUT2D eigenvalue weighted by molar-refractivity contribution is 8.00. The van der Waals surface area contributed by atoms with Gasteiger partial charge in [-0.25, -0.2) is 0 Å². The minimum absolute atomic E-state index is 0.0651. The molecule has 0 spiro atoms. The highest BCUT2D eigenvalue weighted by atomic mass is 32.2. The van der Waals surface area contributed by atoms with Crippen LogP contribution in [0, 0.1) is 0 Å². The summed E-state index contributed by atoms with van der Waals surface area (Å²) in [4.78, 5) is 41.3. The minimum atomic E-state index is -0.545. The summed E-state index contributed by atoms with van der Waals surface area (Å²) in [5.74, 6) is 0.323. The van der Waals surface area contributed by atoms with Crippen molar-refractivity contribution in [3.8, 4) is 11.5 Å². The number of nitrogens with one attached hydrogen (secondary N) is 3. The zero-order valence-electron chi connectivity index (χ0n) is 29.6. The first kappa shape index (κ1) is 37.2. The molecule has 270 valence electrons. The fraction of sp³-hybridized carbons (Fsp3) is 0.0889. The summed E-state index contributed by atoms with van der Waals surface area (Å²) < 4.78 is 11.4. The van der Waals surface area contributed by atoms with Crippen LogP contribution in [0.2, 0.25) is 0 Å². The zero-order chi connectivity index (χ0) is 37.5. The number of ether oxygens (including phenoxy) is 2. The summed E-state index contributed by atoms with van der Waals surface area (Å²) >= 11 is 1.40. The number of carbonyl (C=O) groups excluding carboxylic acids is 3. The number of rotatable bonds is 15. The molecule has 6 aromatic rings. The van der Waals surface area contributed by atoms with E-state index in [4.69, 9.17) is 9.47 Å². The summed E-state index contributed by atoms with van der Waals surface area (Å²) in [6.45, 7) is 2.91. The molecule has 3 amide bonds. The lowest BCUT2D eigenvalue weighted by Crippen LogP contribution is -2.30. The van der Waals surface area contributed by atoms with E-state index in [0.717, 1.165) is 21.8 Å². The summed E-state index contributed by atoms with van der Waals surface area (Å²) in [6, 6.07) is 49.9. The van der Waals surface area contributed by atoms with Crippen LogP contribution in [0.1, 0.15) is 39.2 Å². The van der Waals surface area contributed by atoms with Gasteiger partial charge < -0.3 is 25.4 Å². The van der Waals surface area contributed by atoms with E-state index < -0.39 is 17.1 Å². The Bertz CT molecular complexity index is 2160. The lowest BCUT2D eigenvalue weighted by molar-refractivity contribution is -0.116. The highest BCUT2D eigenvalue weighted by Gasteiger charge is 2.23. The van der Waals surface area contributed by atoms with Crippen LogP contribution in [0.15, 0.2) is 174 Å². The van der Waals surface area contributed by atoms with Gasteiger partial charge in [0, 0.05) is 21.8 Å². The van der Waals surface area contributed by atoms with Crippen LogP contribution in [-0.4, -0.2) is 24.3 Å². The van der Waals surface area contributed by atoms with Crippen LogP contribution < -0.4 is 25.4 Å². The number of benzene rings is 6. The second-order valence-electron chi connectivity index (χ2n) is 12.1. The lowest BCUT2D eigenvalue weighted by Gasteiger charge is -2.18. The Morgan fingerprint density at radius 3 is 1.83 bits per heavy atom. The van der Waals surface area contributed by atoms with E-state index in [9.17, 15) is 14.4 Å². The van der Waals surface area contributed by atoms with Crippen LogP contribution in [0.3, 0.4) is 0 Å². The Morgan fingerprint density at radius 2 is 1.19 bits per heavy atom. The number of hydrogen-bond acceptors (Lipinski definition) is 6. The maximum absolute atomic E-state index is 13.7. The van der Waals surface area contributed by atoms with Gasteiger partial charge in [0.25, 0.3) is 11.8 Å². The maximum Gasteiger partial charge on any atom is 0.272 e. The van der Waals surface area contributed by atoms with Gasteiger partial charge in [0.1, 0.15) is 29.1 Å². The molecule has 0 aliphatic heterocycles. The van der Waals surface area contributed by atoms with Crippen LogP contribution >= 0.6 is 11.8 Å². The van der Waals surface area contributed by atoms with Crippen molar-refractivity contribution in [3.63, 3.8) is 0 Å². The van der Waals surface area contributed by atoms with E-state index >= 15 is 0 Å². The Kier molecular flexibility index (Phi) is 12.9. The smallest absolute Gasteiger partial charge is 0.272 e. The molecule has 0 saturated heterocycles. The zero-order valence-corrected chi connectivity index (χ0v) is 30.4. The average molecular weight is 734 g/mol. The molecule has 8 nitrogen and oxygen atoms in total. The molecule has 0 radical (unpaired) electrons. The van der Waals surface area contributed by atoms with Crippen LogP contribution in [0.5, 0.6) is 11.5 Å². The molecular weight excluding hydrogens is 695 g/mol. The van der Waals surface area contributed by atoms with Crippen molar-refractivity contribution in [1.82, 2.24) is 5.32 Å². The second kappa shape index (κ2) is 18.8. The Labute approximate surface area is 319 Å². The molecule has 0 aliphatic carbocycles. The normalized spacial score (nSPS) is 11.5. The van der Waals surface area contributed by atoms with Gasteiger partial charge in [0.2, 0.25) is 5.91 Å². The van der Waals surface area contributed by atoms with Gasteiger partial charge in [-0.05, 0) is 102 Å². The van der Waals surface area contributed by atoms with Crippen molar-refractivity contribution < 1.29 is 23.9 Å². The summed E-state index contributed by atoms with van der Waals surface area (Å²) in [5.41, 5.74) is 4.27. The second-order valence-corrected chi connectivity index (χ2v) is 13.2. The fourth-order valence-corrected chi connectivity index (χ4v) is 6.40. The van der Waals surface area contributed by atoms with Gasteiger partial charge in [0.15, 0.2) is 0 Å². The number of amides is 3. The van der Waals surface area contributed by atoms with Crippen LogP contribution in [-0.2, 0) is 16.2 Å². The molecule has 54 heavy (non-hydrogen) atoms. The Balaban J connectivity index is 1.15. The van der Waals surface area contributed by atoms with Gasteiger partial charge in [-0.2, -0.15) is 0 Å². The van der Waals surface area contributed by atoms with Gasteiger partial charge in [-0.3, -0.25) is 14.4 Å². The van der Waals surface area contributed by atoms with Gasteiger partial charge >= 0.3 is 0 Å². The monoisotopic (exact) mass is 733 g/mol. The molecule has 0 aromatic heterocycles. The molecular formula is C45H39N3O5S. The van der Waals surface area contributed by atoms with E-state index in [1.807, 2.05) is 134 Å². The topological polar surface area (TPSA) is 106 Å². The van der Waals surface area contributed by atoms with E-state index in [1.54, 1.807) is 42.5 Å². The van der Waals surface area contributed by atoms with Crippen molar-refractivity contribution in [3.05, 3.63) is 192 Å². The lowest BCUT2D eigenvalue weighted by atomic mass is 10.1. The maximum atomic E-state index is 13.7. The largest absolute Gasteiger partial charge is 0.494 e. The third-order valence-corrected chi connectivity index (χ3v) is 9.37. The molecule has 1 unspecified atom stereocenters. The first-order chi connectivity index (χ1) is 26.4. The van der Waals surface area contributed by atoms with Crippen molar-refractivity contribution in [1.29, 1.82) is 0 Å². The van der Waals surface area contributed by atoms with Gasteiger partial charge in [0.05, 0.1) is 6.61 Å². The molecule has 1 atom stereocenters. The van der Waals surface area contributed by atoms with Gasteiger partial charge in [-0.1, -0.05) is 91.0 Å². The first-order valence-electron chi connectivity index (χ1n) is 17.4. The standard InChI is InChI=1S/C45H39N3O5S/c1-2-52-38-26-20-36(21-27-38)47-45(51)42(34-14-8-4-9-15-34)54-40-28-22-37(23-29-40)46-44(50)41(48-43(49)35-16-10-5-11-17-35)30-32-18-24-39(25-19-32)53-31-33-12-6-3-7-13-33/h3-30,42H,2,31H2,1H3,(H,46,50)(H,47,51)(H,48,49)/b41-30-. The van der Waals surface area contributed by atoms with Crippen molar-refractivity contribution in [2.45, 2.75) is 23.7 Å². The van der Waals surface area contributed by atoms with Crippen molar-refractivity contribution in [2.75, 3.05) is 17.2 Å². The third-order valence-electron chi connectivity index (χ3n) is 8.11. The molecule has 0 heterocycles. The molecule has 0 saturated carbocycles. The van der Waals surface area contributed by atoms with E-state index in [1.165, 1.54) is 11.8 Å². The average Bonchev–Trinajstić information content (AvgIpc) is 3.21. The summed E-state index contributed by atoms with van der Waals surface area (Å²) in [6.07, 6.45) is 1.62. The number of hydrogen-bond donors (Lipinski definition) is 3. The molecule has 6 aromatic carbocycles. The molecule has 0 aliphatic rings. The molecule has 3 N–H and O–H groups in total. The number of carbonyl (C=O) groups is 3. The summed E-state index contributed by atoms with van der Waals surface area (Å²) in [5, 5.41) is 8.17.